The lowest BCUT2D eigenvalue weighted by Crippen LogP contribution is -2.36. The number of hydrogen-bond acceptors (Lipinski definition) is 5. The van der Waals surface area contributed by atoms with Crippen molar-refractivity contribution in [3.63, 3.8) is 0 Å². The molecule has 3 amide bonds. The largest absolute Gasteiger partial charge is 0.494 e. The molecule has 7 heteroatoms. The molecule has 1 heterocycles. The van der Waals surface area contributed by atoms with E-state index in [0.717, 1.165) is 40.0 Å². The Balaban J connectivity index is 1.63. The summed E-state index contributed by atoms with van der Waals surface area (Å²) in [6, 6.07) is 14.6. The zero-order valence-corrected chi connectivity index (χ0v) is 17.1. The maximum atomic E-state index is 12.6. The van der Waals surface area contributed by atoms with Gasteiger partial charge in [0.25, 0.3) is 11.1 Å². The lowest BCUT2D eigenvalue weighted by Gasteiger charge is -2.12. The second-order valence-corrected chi connectivity index (χ2v) is 7.59. The number of nitrogens with zero attached hydrogens (tertiary/aromatic N) is 1. The first-order chi connectivity index (χ1) is 14.0. The number of carbonyl (C=O) groups is 3. The van der Waals surface area contributed by atoms with Crippen molar-refractivity contribution in [3.8, 4) is 5.75 Å². The molecule has 0 bridgehead atoms. The zero-order valence-electron chi connectivity index (χ0n) is 16.3. The van der Waals surface area contributed by atoms with Gasteiger partial charge in [-0.25, -0.2) is 0 Å². The molecule has 2 aromatic rings. The summed E-state index contributed by atoms with van der Waals surface area (Å²) in [6.45, 7) is 4.30. The lowest BCUT2D eigenvalue weighted by atomic mass is 10.2. The van der Waals surface area contributed by atoms with Gasteiger partial charge in [-0.15, -0.1) is 0 Å². The second kappa shape index (κ2) is 9.43. The third-order valence-electron chi connectivity index (χ3n) is 4.16. The molecule has 0 aliphatic carbocycles. The van der Waals surface area contributed by atoms with Gasteiger partial charge in [0, 0.05) is 5.69 Å². The van der Waals surface area contributed by atoms with Gasteiger partial charge < -0.3 is 10.1 Å². The minimum atomic E-state index is -0.467. The summed E-state index contributed by atoms with van der Waals surface area (Å²) in [5.74, 6) is -0.134. The summed E-state index contributed by atoms with van der Waals surface area (Å²) in [5.41, 5.74) is 2.47. The predicted octanol–water partition coefficient (Wildman–Crippen LogP) is 4.46. The van der Waals surface area contributed by atoms with Crippen LogP contribution in [0.5, 0.6) is 5.75 Å². The van der Waals surface area contributed by atoms with E-state index in [-0.39, 0.29) is 6.54 Å². The third-order valence-corrected chi connectivity index (χ3v) is 5.07. The summed E-state index contributed by atoms with van der Waals surface area (Å²) < 4.78 is 5.53. The number of carbonyl (C=O) groups excluding carboxylic acids is 3. The summed E-state index contributed by atoms with van der Waals surface area (Å²) in [6.07, 6.45) is 2.57. The number of rotatable bonds is 7. The van der Waals surface area contributed by atoms with Crippen LogP contribution in [-0.2, 0) is 9.59 Å². The van der Waals surface area contributed by atoms with Crippen LogP contribution >= 0.6 is 11.8 Å². The standard InChI is InChI=1S/C22H22N2O4S/c1-3-12-28-18-10-6-16(7-11-18)13-19-21(26)24(22(27)29-19)14-20(25)23-17-8-4-15(2)5-9-17/h4-11,13H,3,12,14H2,1-2H3,(H,23,25)/b19-13-. The van der Waals surface area contributed by atoms with E-state index < -0.39 is 17.1 Å². The van der Waals surface area contributed by atoms with Crippen molar-refractivity contribution in [3.05, 3.63) is 64.6 Å². The molecule has 0 saturated carbocycles. The van der Waals surface area contributed by atoms with Crippen LogP contribution in [0.2, 0.25) is 0 Å². The first-order valence-electron chi connectivity index (χ1n) is 9.31. The maximum Gasteiger partial charge on any atom is 0.294 e. The minimum absolute atomic E-state index is 0.292. The number of hydrogen-bond donors (Lipinski definition) is 1. The number of imide groups is 1. The number of anilines is 1. The number of ether oxygens (including phenoxy) is 1. The van der Waals surface area contributed by atoms with Gasteiger partial charge >= 0.3 is 0 Å². The summed E-state index contributed by atoms with van der Waals surface area (Å²) in [4.78, 5) is 38.3. The molecule has 1 aliphatic rings. The number of thioether (sulfide) groups is 1. The molecular weight excluding hydrogens is 388 g/mol. The van der Waals surface area contributed by atoms with Crippen LogP contribution in [-0.4, -0.2) is 35.1 Å². The van der Waals surface area contributed by atoms with E-state index in [2.05, 4.69) is 5.32 Å². The lowest BCUT2D eigenvalue weighted by molar-refractivity contribution is -0.127. The molecule has 0 unspecified atom stereocenters. The average molecular weight is 410 g/mol. The Morgan fingerprint density at radius 2 is 1.79 bits per heavy atom. The van der Waals surface area contributed by atoms with Crippen LogP contribution in [0.25, 0.3) is 6.08 Å². The van der Waals surface area contributed by atoms with E-state index in [1.807, 2.05) is 50.2 Å². The Kier molecular flexibility index (Phi) is 6.72. The number of nitrogens with one attached hydrogen (secondary N) is 1. The normalized spacial score (nSPS) is 15.1. The van der Waals surface area contributed by atoms with E-state index in [4.69, 9.17) is 4.74 Å². The second-order valence-electron chi connectivity index (χ2n) is 6.60. The fraction of sp³-hybridized carbons (Fsp3) is 0.227. The molecule has 2 aromatic carbocycles. The molecule has 1 N–H and O–H groups in total. The van der Waals surface area contributed by atoms with Crippen molar-refractivity contribution in [2.45, 2.75) is 20.3 Å². The summed E-state index contributed by atoms with van der Waals surface area (Å²) in [7, 11) is 0. The molecule has 0 radical (unpaired) electrons. The maximum absolute atomic E-state index is 12.6. The highest BCUT2D eigenvalue weighted by Gasteiger charge is 2.36. The zero-order chi connectivity index (χ0) is 20.8. The number of amides is 3. The van der Waals surface area contributed by atoms with Crippen LogP contribution in [0, 0.1) is 6.92 Å². The van der Waals surface area contributed by atoms with Crippen molar-refractivity contribution >= 4 is 40.6 Å². The van der Waals surface area contributed by atoms with Crippen molar-refractivity contribution in [1.29, 1.82) is 0 Å². The molecule has 1 fully saturated rings. The Bertz CT molecular complexity index is 936. The molecule has 0 atom stereocenters. The molecular formula is C22H22N2O4S. The highest BCUT2D eigenvalue weighted by molar-refractivity contribution is 8.18. The number of aryl methyl sites for hydroxylation is 1. The van der Waals surface area contributed by atoms with Crippen LogP contribution in [0.15, 0.2) is 53.4 Å². The highest BCUT2D eigenvalue weighted by atomic mass is 32.2. The molecule has 1 aliphatic heterocycles. The molecule has 1 saturated heterocycles. The molecule has 150 valence electrons. The van der Waals surface area contributed by atoms with Gasteiger partial charge in [0.2, 0.25) is 5.91 Å². The van der Waals surface area contributed by atoms with E-state index in [1.165, 1.54) is 0 Å². The van der Waals surface area contributed by atoms with Gasteiger partial charge in [0.05, 0.1) is 11.5 Å². The average Bonchev–Trinajstić information content (AvgIpc) is 2.96. The van der Waals surface area contributed by atoms with Crippen molar-refractivity contribution in [2.24, 2.45) is 0 Å². The van der Waals surface area contributed by atoms with E-state index in [1.54, 1.807) is 18.2 Å². The quantitative estimate of drug-likeness (QED) is 0.682. The van der Waals surface area contributed by atoms with Gasteiger partial charge in [-0.05, 0) is 61.0 Å². The molecule has 3 rings (SSSR count). The van der Waals surface area contributed by atoms with E-state index in [9.17, 15) is 14.4 Å². The van der Waals surface area contributed by atoms with Crippen LogP contribution in [0.1, 0.15) is 24.5 Å². The molecule has 6 nitrogen and oxygen atoms in total. The first kappa shape index (κ1) is 20.7. The highest BCUT2D eigenvalue weighted by Crippen LogP contribution is 2.32. The predicted molar refractivity (Wildman–Crippen MR) is 115 cm³/mol. The van der Waals surface area contributed by atoms with Gasteiger partial charge in [-0.3, -0.25) is 19.3 Å². The van der Waals surface area contributed by atoms with E-state index >= 15 is 0 Å². The third kappa shape index (κ3) is 5.48. The monoisotopic (exact) mass is 410 g/mol. The van der Waals surface area contributed by atoms with Gasteiger partial charge in [-0.2, -0.15) is 0 Å². The molecule has 0 spiro atoms. The van der Waals surface area contributed by atoms with Crippen LogP contribution in [0.4, 0.5) is 10.5 Å². The van der Waals surface area contributed by atoms with Crippen molar-refractivity contribution in [1.82, 2.24) is 4.90 Å². The smallest absolute Gasteiger partial charge is 0.294 e. The van der Waals surface area contributed by atoms with Gasteiger partial charge in [0.1, 0.15) is 12.3 Å². The molecule has 29 heavy (non-hydrogen) atoms. The SMILES string of the molecule is CCCOc1ccc(/C=C2\SC(=O)N(CC(=O)Nc3ccc(C)cc3)C2=O)cc1. The first-order valence-corrected chi connectivity index (χ1v) is 10.1. The topological polar surface area (TPSA) is 75.7 Å². The summed E-state index contributed by atoms with van der Waals surface area (Å²) in [5, 5.41) is 2.24. The number of benzene rings is 2. The van der Waals surface area contributed by atoms with Crippen molar-refractivity contribution in [2.75, 3.05) is 18.5 Å². The fourth-order valence-corrected chi connectivity index (χ4v) is 3.49. The van der Waals surface area contributed by atoms with E-state index in [0.29, 0.717) is 17.2 Å². The summed E-state index contributed by atoms with van der Waals surface area (Å²) >= 11 is 0.832. The Morgan fingerprint density at radius 3 is 2.45 bits per heavy atom. The van der Waals surface area contributed by atoms with Gasteiger partial charge in [0.15, 0.2) is 0 Å². The van der Waals surface area contributed by atoms with Crippen LogP contribution in [0.3, 0.4) is 0 Å². The van der Waals surface area contributed by atoms with Crippen molar-refractivity contribution < 1.29 is 19.1 Å². The molecule has 0 aromatic heterocycles. The van der Waals surface area contributed by atoms with Crippen LogP contribution < -0.4 is 10.1 Å². The Hall–Kier alpha value is -3.06. The minimum Gasteiger partial charge on any atom is -0.494 e. The Labute approximate surface area is 173 Å². The fourth-order valence-electron chi connectivity index (χ4n) is 2.65. The Morgan fingerprint density at radius 1 is 1.10 bits per heavy atom. The van der Waals surface area contributed by atoms with Gasteiger partial charge in [-0.1, -0.05) is 36.8 Å².